The van der Waals surface area contributed by atoms with Gasteiger partial charge in [0.05, 0.1) is 10.0 Å². The Labute approximate surface area is 129 Å². The van der Waals surface area contributed by atoms with Gasteiger partial charge in [-0.15, -0.1) is 0 Å². The lowest BCUT2D eigenvalue weighted by Crippen LogP contribution is -2.01. The second-order valence-corrected chi connectivity index (χ2v) is 5.79. The Morgan fingerprint density at radius 3 is 2.35 bits per heavy atom. The minimum Gasteiger partial charge on any atom is -0.294 e. The van der Waals surface area contributed by atoms with Crippen LogP contribution in [0.4, 0.5) is 0 Å². The maximum atomic E-state index is 12.1. The fourth-order valence-corrected chi connectivity index (χ4v) is 2.33. The first-order valence-electron chi connectivity index (χ1n) is 6.52. The Hall–Kier alpha value is -1.31. The summed E-state index contributed by atoms with van der Waals surface area (Å²) < 4.78 is 0. The molecule has 0 aliphatic carbocycles. The van der Waals surface area contributed by atoms with Crippen LogP contribution in [0.5, 0.6) is 0 Å². The molecule has 0 saturated carbocycles. The molecule has 3 heteroatoms. The fourth-order valence-electron chi connectivity index (χ4n) is 2.03. The van der Waals surface area contributed by atoms with E-state index in [4.69, 9.17) is 23.2 Å². The Bertz CT molecular complexity index is 647. The SMILES string of the molecule is Cc1ccc(CCC(=O)c2ccc(Cl)c(Cl)c2)cc1C. The summed E-state index contributed by atoms with van der Waals surface area (Å²) in [5.41, 5.74) is 4.32. The number of hydrogen-bond donors (Lipinski definition) is 0. The number of Topliss-reactive ketones (excluding diaryl/α,β-unsaturated/α-hetero) is 1. The second-order valence-electron chi connectivity index (χ2n) is 4.97. The van der Waals surface area contributed by atoms with Crippen molar-refractivity contribution in [3.63, 3.8) is 0 Å². The molecule has 2 rings (SSSR count). The van der Waals surface area contributed by atoms with E-state index in [0.29, 0.717) is 22.0 Å². The first-order valence-corrected chi connectivity index (χ1v) is 7.27. The van der Waals surface area contributed by atoms with Crippen LogP contribution in [0.25, 0.3) is 0 Å². The molecule has 0 aliphatic heterocycles. The van der Waals surface area contributed by atoms with Crippen molar-refractivity contribution in [2.75, 3.05) is 0 Å². The summed E-state index contributed by atoms with van der Waals surface area (Å²) in [4.78, 5) is 12.1. The van der Waals surface area contributed by atoms with Gasteiger partial charge in [-0.3, -0.25) is 4.79 Å². The molecule has 20 heavy (non-hydrogen) atoms. The monoisotopic (exact) mass is 306 g/mol. The topological polar surface area (TPSA) is 17.1 Å². The molecule has 0 unspecified atom stereocenters. The van der Waals surface area contributed by atoms with Crippen molar-refractivity contribution in [2.24, 2.45) is 0 Å². The molecule has 0 aliphatic rings. The van der Waals surface area contributed by atoms with Crippen LogP contribution in [0.1, 0.15) is 33.5 Å². The van der Waals surface area contributed by atoms with Crippen molar-refractivity contribution in [1.82, 2.24) is 0 Å². The normalized spacial score (nSPS) is 10.6. The van der Waals surface area contributed by atoms with E-state index in [2.05, 4.69) is 32.0 Å². The molecule has 0 heterocycles. The zero-order chi connectivity index (χ0) is 14.7. The summed E-state index contributed by atoms with van der Waals surface area (Å²) in [5, 5.41) is 0.890. The van der Waals surface area contributed by atoms with Crippen LogP contribution in [-0.4, -0.2) is 5.78 Å². The van der Waals surface area contributed by atoms with E-state index in [0.717, 1.165) is 6.42 Å². The number of halogens is 2. The van der Waals surface area contributed by atoms with E-state index in [1.165, 1.54) is 16.7 Å². The van der Waals surface area contributed by atoms with E-state index in [9.17, 15) is 4.79 Å². The van der Waals surface area contributed by atoms with Gasteiger partial charge in [0.2, 0.25) is 0 Å². The molecule has 0 amide bonds. The lowest BCUT2D eigenvalue weighted by atomic mass is 10.00. The third-order valence-electron chi connectivity index (χ3n) is 3.45. The molecule has 0 bridgehead atoms. The van der Waals surface area contributed by atoms with Crippen molar-refractivity contribution in [3.05, 3.63) is 68.7 Å². The molecule has 1 nitrogen and oxygen atoms in total. The van der Waals surface area contributed by atoms with Gasteiger partial charge in [-0.05, 0) is 55.2 Å². The zero-order valence-electron chi connectivity index (χ0n) is 11.5. The average molecular weight is 307 g/mol. The Morgan fingerprint density at radius 2 is 1.70 bits per heavy atom. The van der Waals surface area contributed by atoms with Gasteiger partial charge in [-0.2, -0.15) is 0 Å². The van der Waals surface area contributed by atoms with Crippen LogP contribution in [0.3, 0.4) is 0 Å². The van der Waals surface area contributed by atoms with Crippen LogP contribution in [0, 0.1) is 13.8 Å². The van der Waals surface area contributed by atoms with E-state index in [1.54, 1.807) is 18.2 Å². The molecule has 0 atom stereocenters. The summed E-state index contributed by atoms with van der Waals surface area (Å²) in [6.07, 6.45) is 1.21. The van der Waals surface area contributed by atoms with Crippen molar-refractivity contribution >= 4 is 29.0 Å². The van der Waals surface area contributed by atoms with E-state index in [1.807, 2.05) is 0 Å². The van der Waals surface area contributed by atoms with E-state index < -0.39 is 0 Å². The van der Waals surface area contributed by atoms with Crippen molar-refractivity contribution in [1.29, 1.82) is 0 Å². The highest BCUT2D eigenvalue weighted by Gasteiger charge is 2.08. The van der Waals surface area contributed by atoms with E-state index in [-0.39, 0.29) is 5.78 Å². The Kier molecular flexibility index (Phi) is 4.85. The number of ketones is 1. The summed E-state index contributed by atoms with van der Waals surface area (Å²) in [5.74, 6) is 0.0850. The fraction of sp³-hybridized carbons (Fsp3) is 0.235. The third-order valence-corrected chi connectivity index (χ3v) is 4.19. The van der Waals surface area contributed by atoms with Crippen LogP contribution in [-0.2, 0) is 6.42 Å². The highest BCUT2D eigenvalue weighted by atomic mass is 35.5. The maximum Gasteiger partial charge on any atom is 0.163 e. The lowest BCUT2D eigenvalue weighted by molar-refractivity contribution is 0.0983. The molecular formula is C17H16Cl2O. The highest BCUT2D eigenvalue weighted by molar-refractivity contribution is 6.42. The molecule has 0 aromatic heterocycles. The van der Waals surface area contributed by atoms with Gasteiger partial charge in [-0.1, -0.05) is 41.4 Å². The molecule has 0 spiro atoms. The lowest BCUT2D eigenvalue weighted by Gasteiger charge is -2.06. The molecule has 0 N–H and O–H groups in total. The van der Waals surface area contributed by atoms with Gasteiger partial charge in [0.1, 0.15) is 0 Å². The summed E-state index contributed by atoms with van der Waals surface area (Å²) in [6.45, 7) is 4.17. The largest absolute Gasteiger partial charge is 0.294 e. The molecule has 2 aromatic rings. The van der Waals surface area contributed by atoms with E-state index >= 15 is 0 Å². The van der Waals surface area contributed by atoms with Crippen LogP contribution in [0.2, 0.25) is 10.0 Å². The molecule has 104 valence electrons. The second kappa shape index (κ2) is 6.43. The number of benzene rings is 2. The standard InChI is InChI=1S/C17H16Cl2O/c1-11-3-4-13(9-12(11)2)5-8-17(20)14-6-7-15(18)16(19)10-14/h3-4,6-7,9-10H,5,8H2,1-2H3. The first-order chi connectivity index (χ1) is 9.47. The minimum atomic E-state index is 0.0850. The minimum absolute atomic E-state index is 0.0850. The number of carbonyl (C=O) groups excluding carboxylic acids is 1. The van der Waals surface area contributed by atoms with Gasteiger partial charge in [-0.25, -0.2) is 0 Å². The average Bonchev–Trinajstić information content (AvgIpc) is 2.43. The van der Waals surface area contributed by atoms with Crippen molar-refractivity contribution in [2.45, 2.75) is 26.7 Å². The van der Waals surface area contributed by atoms with Gasteiger partial charge in [0.25, 0.3) is 0 Å². The predicted molar refractivity (Wildman–Crippen MR) is 85.0 cm³/mol. The van der Waals surface area contributed by atoms with Crippen LogP contribution in [0.15, 0.2) is 36.4 Å². The number of rotatable bonds is 4. The smallest absolute Gasteiger partial charge is 0.163 e. The maximum absolute atomic E-state index is 12.1. The first kappa shape index (κ1) is 15.1. The molecule has 0 fully saturated rings. The zero-order valence-corrected chi connectivity index (χ0v) is 13.1. The third kappa shape index (κ3) is 3.62. The number of hydrogen-bond acceptors (Lipinski definition) is 1. The summed E-state index contributed by atoms with van der Waals surface area (Å²) >= 11 is 11.8. The molecular weight excluding hydrogens is 291 g/mol. The predicted octanol–water partition coefficient (Wildman–Crippen LogP) is 5.43. The molecule has 0 saturated heterocycles. The summed E-state index contributed by atoms with van der Waals surface area (Å²) in [6, 6.07) is 11.3. The van der Waals surface area contributed by atoms with Gasteiger partial charge in [0.15, 0.2) is 5.78 Å². The van der Waals surface area contributed by atoms with Crippen LogP contribution < -0.4 is 0 Å². The Morgan fingerprint density at radius 1 is 0.950 bits per heavy atom. The van der Waals surface area contributed by atoms with Crippen molar-refractivity contribution in [3.8, 4) is 0 Å². The van der Waals surface area contributed by atoms with Crippen LogP contribution >= 0.6 is 23.2 Å². The summed E-state index contributed by atoms with van der Waals surface area (Å²) in [7, 11) is 0. The number of aryl methyl sites for hydroxylation is 3. The van der Waals surface area contributed by atoms with Gasteiger partial charge in [0, 0.05) is 12.0 Å². The molecule has 0 radical (unpaired) electrons. The van der Waals surface area contributed by atoms with Gasteiger partial charge >= 0.3 is 0 Å². The highest BCUT2D eigenvalue weighted by Crippen LogP contribution is 2.23. The number of carbonyl (C=O) groups is 1. The van der Waals surface area contributed by atoms with Crippen molar-refractivity contribution < 1.29 is 4.79 Å². The molecule has 2 aromatic carbocycles. The van der Waals surface area contributed by atoms with Gasteiger partial charge < -0.3 is 0 Å². The Balaban J connectivity index is 2.04. The quantitative estimate of drug-likeness (QED) is 0.689.